The second kappa shape index (κ2) is 12.3. The standard InChI is InChI=1S/C28H33NO4S/c1-29-17-16-25(21-29)33-27(30)28(26-15-10-20-34-26,24-13-6-3-7-14-24)32-19-9-8-18-31-22-23-11-4-2-5-12-23/h2-7,10-15,20,25H,8-9,16-19,21-22H2,1H3. The fraction of sp³-hybridized carbons (Fsp3) is 0.393. The van der Waals surface area contributed by atoms with Crippen molar-refractivity contribution in [3.05, 3.63) is 94.2 Å². The number of unbranched alkanes of at least 4 members (excludes halogenated alkanes) is 1. The fourth-order valence-corrected chi connectivity index (χ4v) is 5.13. The quantitative estimate of drug-likeness (QED) is 0.262. The number of likely N-dealkylation sites (tertiary alicyclic amines) is 1. The molecule has 2 aromatic carbocycles. The van der Waals surface area contributed by atoms with Crippen LogP contribution in [0.4, 0.5) is 0 Å². The highest BCUT2D eigenvalue weighted by atomic mass is 32.1. The van der Waals surface area contributed by atoms with E-state index in [-0.39, 0.29) is 12.1 Å². The van der Waals surface area contributed by atoms with Gasteiger partial charge >= 0.3 is 5.97 Å². The van der Waals surface area contributed by atoms with E-state index in [1.807, 2.05) is 73.1 Å². The molecule has 2 unspecified atom stereocenters. The van der Waals surface area contributed by atoms with E-state index in [2.05, 4.69) is 17.0 Å². The smallest absolute Gasteiger partial charge is 0.349 e. The van der Waals surface area contributed by atoms with E-state index in [1.54, 1.807) is 0 Å². The lowest BCUT2D eigenvalue weighted by atomic mass is 9.91. The van der Waals surface area contributed by atoms with Crippen LogP contribution in [-0.2, 0) is 31.2 Å². The van der Waals surface area contributed by atoms with E-state index in [9.17, 15) is 4.79 Å². The van der Waals surface area contributed by atoms with Crippen LogP contribution < -0.4 is 0 Å². The second-order valence-electron chi connectivity index (χ2n) is 8.70. The van der Waals surface area contributed by atoms with Gasteiger partial charge in [0.05, 0.1) is 11.5 Å². The maximum Gasteiger partial charge on any atom is 0.349 e. The van der Waals surface area contributed by atoms with E-state index in [0.717, 1.165) is 42.8 Å². The van der Waals surface area contributed by atoms with Crippen LogP contribution in [0.2, 0.25) is 0 Å². The van der Waals surface area contributed by atoms with Gasteiger partial charge in [-0.25, -0.2) is 4.79 Å². The number of carbonyl (C=O) groups is 1. The Bertz CT molecular complexity index is 996. The summed E-state index contributed by atoms with van der Waals surface area (Å²) < 4.78 is 18.3. The van der Waals surface area contributed by atoms with Crippen molar-refractivity contribution in [3.8, 4) is 0 Å². The monoisotopic (exact) mass is 479 g/mol. The molecule has 1 fully saturated rings. The van der Waals surface area contributed by atoms with Gasteiger partial charge in [0.1, 0.15) is 6.10 Å². The molecule has 1 saturated heterocycles. The lowest BCUT2D eigenvalue weighted by Crippen LogP contribution is -2.43. The van der Waals surface area contributed by atoms with Gasteiger partial charge in [-0.05, 0) is 43.3 Å². The van der Waals surface area contributed by atoms with Crippen molar-refractivity contribution < 1.29 is 19.0 Å². The molecule has 0 amide bonds. The summed E-state index contributed by atoms with van der Waals surface area (Å²) in [6.07, 6.45) is 2.37. The number of ether oxygens (including phenoxy) is 3. The van der Waals surface area contributed by atoms with Crippen molar-refractivity contribution in [2.75, 3.05) is 33.4 Å². The third-order valence-corrected chi connectivity index (χ3v) is 7.04. The number of thiophene rings is 1. The number of esters is 1. The lowest BCUT2D eigenvalue weighted by Gasteiger charge is -2.32. The predicted molar refractivity (Wildman–Crippen MR) is 135 cm³/mol. The summed E-state index contributed by atoms with van der Waals surface area (Å²) in [5.74, 6) is -0.332. The van der Waals surface area contributed by atoms with Gasteiger partial charge in [-0.2, -0.15) is 0 Å². The van der Waals surface area contributed by atoms with Gasteiger partial charge in [0, 0.05) is 31.9 Å². The zero-order valence-electron chi connectivity index (χ0n) is 19.7. The van der Waals surface area contributed by atoms with E-state index >= 15 is 0 Å². The molecule has 0 spiro atoms. The highest BCUT2D eigenvalue weighted by molar-refractivity contribution is 7.10. The zero-order valence-corrected chi connectivity index (χ0v) is 20.5. The predicted octanol–water partition coefficient (Wildman–Crippen LogP) is 5.25. The van der Waals surface area contributed by atoms with Crippen LogP contribution in [0.3, 0.4) is 0 Å². The molecule has 0 aliphatic carbocycles. The molecule has 6 heteroatoms. The Kier molecular flexibility index (Phi) is 8.88. The van der Waals surface area contributed by atoms with Crippen LogP contribution in [0.25, 0.3) is 0 Å². The first-order valence-electron chi connectivity index (χ1n) is 11.9. The summed E-state index contributed by atoms with van der Waals surface area (Å²) in [7, 11) is 2.05. The number of nitrogens with zero attached hydrogens (tertiary/aromatic N) is 1. The van der Waals surface area contributed by atoms with Crippen LogP contribution in [-0.4, -0.2) is 50.3 Å². The average Bonchev–Trinajstić information content (AvgIpc) is 3.54. The third-order valence-electron chi connectivity index (χ3n) is 6.07. The van der Waals surface area contributed by atoms with Crippen LogP contribution in [0.15, 0.2) is 78.2 Å². The first-order chi connectivity index (χ1) is 16.7. The molecular weight excluding hydrogens is 446 g/mol. The van der Waals surface area contributed by atoms with E-state index < -0.39 is 5.60 Å². The van der Waals surface area contributed by atoms with E-state index in [4.69, 9.17) is 14.2 Å². The van der Waals surface area contributed by atoms with Crippen LogP contribution in [0.5, 0.6) is 0 Å². The van der Waals surface area contributed by atoms with Gasteiger partial charge in [0.15, 0.2) is 0 Å². The molecule has 0 saturated carbocycles. The second-order valence-corrected chi connectivity index (χ2v) is 9.64. The van der Waals surface area contributed by atoms with Gasteiger partial charge in [-0.15, -0.1) is 11.3 Å². The maximum absolute atomic E-state index is 13.8. The molecule has 0 bridgehead atoms. The Hall–Kier alpha value is -2.51. The fourth-order valence-electron chi connectivity index (χ4n) is 4.25. The number of rotatable bonds is 12. The summed E-state index contributed by atoms with van der Waals surface area (Å²) in [5, 5.41) is 1.98. The van der Waals surface area contributed by atoms with Gasteiger partial charge in [0.2, 0.25) is 5.60 Å². The number of hydrogen-bond acceptors (Lipinski definition) is 6. The number of hydrogen-bond donors (Lipinski definition) is 0. The molecule has 2 heterocycles. The molecule has 34 heavy (non-hydrogen) atoms. The lowest BCUT2D eigenvalue weighted by molar-refractivity contribution is -0.173. The maximum atomic E-state index is 13.8. The molecule has 1 aromatic heterocycles. The number of carbonyl (C=O) groups excluding carboxylic acids is 1. The molecule has 0 radical (unpaired) electrons. The largest absolute Gasteiger partial charge is 0.458 e. The molecule has 1 aliphatic heterocycles. The first kappa shape index (κ1) is 24.6. The minimum Gasteiger partial charge on any atom is -0.458 e. The summed E-state index contributed by atoms with van der Waals surface area (Å²) in [6, 6.07) is 23.8. The first-order valence-corrected chi connectivity index (χ1v) is 12.8. The number of benzene rings is 2. The summed E-state index contributed by atoms with van der Waals surface area (Å²) >= 11 is 1.52. The molecule has 3 aromatic rings. The highest BCUT2D eigenvalue weighted by Crippen LogP contribution is 2.39. The summed E-state index contributed by atoms with van der Waals surface area (Å²) in [6.45, 7) is 3.36. The van der Waals surface area contributed by atoms with Crippen LogP contribution >= 0.6 is 11.3 Å². The van der Waals surface area contributed by atoms with Crippen molar-refractivity contribution in [2.24, 2.45) is 0 Å². The Morgan fingerprint density at radius 1 is 1.00 bits per heavy atom. The van der Waals surface area contributed by atoms with Crippen LogP contribution in [0.1, 0.15) is 35.3 Å². The van der Waals surface area contributed by atoms with Gasteiger partial charge in [-0.1, -0.05) is 66.7 Å². The van der Waals surface area contributed by atoms with Crippen molar-refractivity contribution in [3.63, 3.8) is 0 Å². The Morgan fingerprint density at radius 3 is 2.41 bits per heavy atom. The number of likely N-dealkylation sites (N-methyl/N-ethyl adjacent to an activating group) is 1. The molecule has 180 valence electrons. The van der Waals surface area contributed by atoms with E-state index in [0.29, 0.717) is 19.8 Å². The molecule has 0 N–H and O–H groups in total. The minimum absolute atomic E-state index is 0.115. The average molecular weight is 480 g/mol. The zero-order chi connectivity index (χ0) is 23.6. The third kappa shape index (κ3) is 6.13. The van der Waals surface area contributed by atoms with Gasteiger partial charge in [-0.3, -0.25) is 0 Å². The van der Waals surface area contributed by atoms with Gasteiger partial charge < -0.3 is 19.1 Å². The van der Waals surface area contributed by atoms with Crippen molar-refractivity contribution in [1.82, 2.24) is 4.90 Å². The van der Waals surface area contributed by atoms with Gasteiger partial charge in [0.25, 0.3) is 0 Å². The molecule has 2 atom stereocenters. The normalized spacial score (nSPS) is 18.0. The molecule has 5 nitrogen and oxygen atoms in total. The Balaban J connectivity index is 1.42. The Labute approximate surface area is 206 Å². The summed E-state index contributed by atoms with van der Waals surface area (Å²) in [5.41, 5.74) is 0.704. The van der Waals surface area contributed by atoms with Crippen molar-refractivity contribution in [2.45, 2.75) is 37.6 Å². The molecule has 4 rings (SSSR count). The Morgan fingerprint density at radius 2 is 1.74 bits per heavy atom. The van der Waals surface area contributed by atoms with Crippen molar-refractivity contribution >= 4 is 17.3 Å². The topological polar surface area (TPSA) is 48.0 Å². The SMILES string of the molecule is CN1CCC(OC(=O)C(OCCCCOCc2ccccc2)(c2ccccc2)c2cccs2)C1. The summed E-state index contributed by atoms with van der Waals surface area (Å²) in [4.78, 5) is 16.8. The van der Waals surface area contributed by atoms with E-state index in [1.165, 1.54) is 16.9 Å². The van der Waals surface area contributed by atoms with Crippen molar-refractivity contribution in [1.29, 1.82) is 0 Å². The minimum atomic E-state index is -1.26. The molecule has 1 aliphatic rings. The molecular formula is C28H33NO4S. The van der Waals surface area contributed by atoms with Crippen LogP contribution in [0, 0.1) is 0 Å². The highest BCUT2D eigenvalue weighted by Gasteiger charge is 2.47.